The molecule has 0 radical (unpaired) electrons. The van der Waals surface area contributed by atoms with Gasteiger partial charge < -0.3 is 10.0 Å². The number of thiazole rings is 1. The van der Waals surface area contributed by atoms with Gasteiger partial charge in [-0.05, 0) is 19.4 Å². The molecule has 1 amide bonds. The molecule has 1 atom stereocenters. The molecule has 0 aliphatic carbocycles. The largest absolute Gasteiger partial charge is 0.387 e. The minimum atomic E-state index is -0.486. The van der Waals surface area contributed by atoms with Crippen molar-refractivity contribution >= 4 is 17.2 Å². The summed E-state index contributed by atoms with van der Waals surface area (Å²) >= 11 is 1.47. The molecule has 24 heavy (non-hydrogen) atoms. The van der Waals surface area contributed by atoms with Crippen LogP contribution in [-0.2, 0) is 0 Å². The lowest BCUT2D eigenvalue weighted by molar-refractivity contribution is 0.0530. The fraction of sp³-hybridized carbons (Fsp3) is 0.444. The van der Waals surface area contributed by atoms with Gasteiger partial charge in [-0.1, -0.05) is 30.3 Å². The molecule has 0 bridgehead atoms. The Kier molecular flexibility index (Phi) is 5.28. The van der Waals surface area contributed by atoms with Gasteiger partial charge in [0, 0.05) is 32.7 Å². The van der Waals surface area contributed by atoms with Crippen LogP contribution in [0.15, 0.2) is 30.3 Å². The van der Waals surface area contributed by atoms with Crippen molar-refractivity contribution in [3.63, 3.8) is 0 Å². The summed E-state index contributed by atoms with van der Waals surface area (Å²) in [4.78, 5) is 21.8. The van der Waals surface area contributed by atoms with Crippen LogP contribution in [0.1, 0.15) is 32.0 Å². The molecule has 2 heterocycles. The molecule has 1 fully saturated rings. The van der Waals surface area contributed by atoms with Gasteiger partial charge in [0.25, 0.3) is 5.91 Å². The van der Waals surface area contributed by atoms with E-state index in [0.717, 1.165) is 34.2 Å². The maximum atomic E-state index is 12.6. The lowest BCUT2D eigenvalue weighted by Gasteiger charge is -2.35. The second-order valence-electron chi connectivity index (χ2n) is 6.17. The first-order chi connectivity index (χ1) is 11.5. The molecule has 3 rings (SSSR count). The van der Waals surface area contributed by atoms with E-state index in [1.165, 1.54) is 11.3 Å². The number of piperazine rings is 1. The second kappa shape index (κ2) is 7.42. The maximum Gasteiger partial charge on any atom is 0.265 e. The monoisotopic (exact) mass is 345 g/mol. The van der Waals surface area contributed by atoms with Gasteiger partial charge in [0.2, 0.25) is 0 Å². The number of aliphatic hydroxyl groups excluding tert-OH is 1. The van der Waals surface area contributed by atoms with Gasteiger partial charge in [0.1, 0.15) is 4.88 Å². The topological polar surface area (TPSA) is 56.7 Å². The Morgan fingerprint density at radius 3 is 2.46 bits per heavy atom. The predicted octanol–water partition coefficient (Wildman–Crippen LogP) is 2.25. The molecule has 0 spiro atoms. The first-order valence-corrected chi connectivity index (χ1v) is 9.05. The molecule has 2 aromatic rings. The minimum Gasteiger partial charge on any atom is -0.387 e. The summed E-state index contributed by atoms with van der Waals surface area (Å²) in [7, 11) is 0. The molecule has 0 saturated carbocycles. The third-order valence-electron chi connectivity index (χ3n) is 4.37. The zero-order chi connectivity index (χ0) is 17.1. The van der Waals surface area contributed by atoms with E-state index in [-0.39, 0.29) is 5.91 Å². The van der Waals surface area contributed by atoms with Crippen LogP contribution in [-0.4, -0.2) is 58.5 Å². The van der Waals surface area contributed by atoms with Crippen LogP contribution < -0.4 is 0 Å². The number of β-amino-alcohol motifs (C(OH)–C–C–N with tert-alkyl or cyclic N) is 1. The lowest BCUT2D eigenvalue weighted by Crippen LogP contribution is -2.49. The summed E-state index contributed by atoms with van der Waals surface area (Å²) < 4.78 is 0. The van der Waals surface area contributed by atoms with E-state index in [0.29, 0.717) is 19.6 Å². The highest BCUT2D eigenvalue weighted by Gasteiger charge is 2.26. The summed E-state index contributed by atoms with van der Waals surface area (Å²) in [5.41, 5.74) is 1.76. The van der Waals surface area contributed by atoms with Crippen molar-refractivity contribution in [2.45, 2.75) is 20.0 Å². The molecular weight excluding hydrogens is 322 g/mol. The van der Waals surface area contributed by atoms with Crippen LogP contribution in [0.2, 0.25) is 0 Å². The van der Waals surface area contributed by atoms with Crippen molar-refractivity contribution in [1.82, 2.24) is 14.8 Å². The zero-order valence-electron chi connectivity index (χ0n) is 14.1. The van der Waals surface area contributed by atoms with Gasteiger partial charge in [0.15, 0.2) is 0 Å². The van der Waals surface area contributed by atoms with Crippen molar-refractivity contribution in [3.05, 3.63) is 51.5 Å². The normalized spacial score (nSPS) is 17.0. The minimum absolute atomic E-state index is 0.0846. The molecule has 1 aromatic heterocycles. The van der Waals surface area contributed by atoms with Crippen molar-refractivity contribution < 1.29 is 9.90 Å². The number of carbonyl (C=O) groups excluding carboxylic acids is 1. The van der Waals surface area contributed by atoms with E-state index >= 15 is 0 Å². The third-order valence-corrected chi connectivity index (χ3v) is 5.43. The Morgan fingerprint density at radius 2 is 1.88 bits per heavy atom. The predicted molar refractivity (Wildman–Crippen MR) is 95.3 cm³/mol. The number of hydrogen-bond acceptors (Lipinski definition) is 5. The van der Waals surface area contributed by atoms with Gasteiger partial charge in [-0.3, -0.25) is 9.69 Å². The van der Waals surface area contributed by atoms with Gasteiger partial charge in [0.05, 0.1) is 16.8 Å². The highest BCUT2D eigenvalue weighted by atomic mass is 32.1. The first-order valence-electron chi connectivity index (χ1n) is 8.23. The molecular formula is C18H23N3O2S. The van der Waals surface area contributed by atoms with Crippen LogP contribution in [0.25, 0.3) is 0 Å². The molecule has 1 aliphatic heterocycles. The Hall–Kier alpha value is -1.76. The highest BCUT2D eigenvalue weighted by molar-refractivity contribution is 7.13. The number of nitrogens with zero attached hydrogens (tertiary/aromatic N) is 3. The maximum absolute atomic E-state index is 12.6. The van der Waals surface area contributed by atoms with Crippen LogP contribution in [0.3, 0.4) is 0 Å². The smallest absolute Gasteiger partial charge is 0.265 e. The van der Waals surface area contributed by atoms with Crippen molar-refractivity contribution in [3.8, 4) is 0 Å². The summed E-state index contributed by atoms with van der Waals surface area (Å²) in [5, 5.41) is 11.3. The number of aryl methyl sites for hydroxylation is 2. The molecule has 0 unspecified atom stereocenters. The lowest BCUT2D eigenvalue weighted by atomic mass is 10.1. The number of rotatable bonds is 4. The van der Waals surface area contributed by atoms with Crippen LogP contribution in [0.5, 0.6) is 0 Å². The summed E-state index contributed by atoms with van der Waals surface area (Å²) in [5.74, 6) is 0.0846. The van der Waals surface area contributed by atoms with Crippen molar-refractivity contribution in [2.24, 2.45) is 0 Å². The summed E-state index contributed by atoms with van der Waals surface area (Å²) in [6.07, 6.45) is -0.486. The van der Waals surface area contributed by atoms with E-state index in [9.17, 15) is 9.90 Å². The zero-order valence-corrected chi connectivity index (χ0v) is 14.9. The SMILES string of the molecule is Cc1nc(C)c(C(=O)N2CCN(C[C@H](O)c3ccccc3)CC2)s1. The summed E-state index contributed by atoms with van der Waals surface area (Å²) in [6.45, 7) is 7.37. The van der Waals surface area contributed by atoms with Gasteiger partial charge >= 0.3 is 0 Å². The Bertz CT molecular complexity index is 694. The Labute approximate surface area is 146 Å². The number of aliphatic hydroxyl groups is 1. The average molecular weight is 345 g/mol. The molecule has 5 nitrogen and oxygen atoms in total. The molecule has 1 aliphatic rings. The molecule has 1 aromatic carbocycles. The van der Waals surface area contributed by atoms with E-state index in [4.69, 9.17) is 0 Å². The Balaban J connectivity index is 1.54. The number of hydrogen-bond donors (Lipinski definition) is 1. The van der Waals surface area contributed by atoms with Crippen LogP contribution in [0.4, 0.5) is 0 Å². The average Bonchev–Trinajstić information content (AvgIpc) is 2.94. The molecule has 1 N–H and O–H groups in total. The van der Waals surface area contributed by atoms with Gasteiger partial charge in [-0.15, -0.1) is 11.3 Å². The molecule has 128 valence electrons. The van der Waals surface area contributed by atoms with Crippen LogP contribution in [0, 0.1) is 13.8 Å². The molecule has 6 heteroatoms. The van der Waals surface area contributed by atoms with Gasteiger partial charge in [-0.25, -0.2) is 4.98 Å². The molecule has 1 saturated heterocycles. The van der Waals surface area contributed by atoms with E-state index in [1.54, 1.807) is 0 Å². The van der Waals surface area contributed by atoms with E-state index in [2.05, 4.69) is 9.88 Å². The number of benzene rings is 1. The van der Waals surface area contributed by atoms with Gasteiger partial charge in [-0.2, -0.15) is 0 Å². The standard InChI is InChI=1S/C18H23N3O2S/c1-13-17(24-14(2)19-13)18(23)21-10-8-20(9-11-21)12-16(22)15-6-4-3-5-7-15/h3-7,16,22H,8-12H2,1-2H3/t16-/m0/s1. The third kappa shape index (κ3) is 3.83. The summed E-state index contributed by atoms with van der Waals surface area (Å²) in [6, 6.07) is 9.71. The Morgan fingerprint density at radius 1 is 1.21 bits per heavy atom. The number of carbonyl (C=O) groups is 1. The number of amides is 1. The fourth-order valence-corrected chi connectivity index (χ4v) is 3.92. The first kappa shape index (κ1) is 17.1. The second-order valence-corrected chi connectivity index (χ2v) is 7.37. The van der Waals surface area contributed by atoms with Crippen molar-refractivity contribution in [2.75, 3.05) is 32.7 Å². The quantitative estimate of drug-likeness (QED) is 0.923. The number of aromatic nitrogens is 1. The van der Waals surface area contributed by atoms with E-state index in [1.807, 2.05) is 49.1 Å². The van der Waals surface area contributed by atoms with Crippen molar-refractivity contribution in [1.29, 1.82) is 0 Å². The van der Waals surface area contributed by atoms with E-state index < -0.39 is 6.10 Å². The highest BCUT2D eigenvalue weighted by Crippen LogP contribution is 2.21. The van der Waals surface area contributed by atoms with Crippen LogP contribution >= 0.6 is 11.3 Å². The fourth-order valence-electron chi connectivity index (χ4n) is 3.03.